The van der Waals surface area contributed by atoms with Crippen molar-refractivity contribution in [3.05, 3.63) is 33.9 Å². The summed E-state index contributed by atoms with van der Waals surface area (Å²) in [7, 11) is 0. The number of benzene rings is 1. The van der Waals surface area contributed by atoms with Crippen LogP contribution in [0, 0.1) is 15.5 Å². The first kappa shape index (κ1) is 12.8. The Bertz CT molecular complexity index is 471. The minimum atomic E-state index is -0.455. The Kier molecular flexibility index (Phi) is 3.26. The van der Waals surface area contributed by atoms with E-state index in [0.29, 0.717) is 5.56 Å². The van der Waals surface area contributed by atoms with Crippen LogP contribution < -0.4 is 4.90 Å². The van der Waals surface area contributed by atoms with E-state index < -0.39 is 4.92 Å². The monoisotopic (exact) mass is 250 g/mol. The van der Waals surface area contributed by atoms with Crippen molar-refractivity contribution in [2.45, 2.75) is 26.9 Å². The molecular weight excluding hydrogens is 232 g/mol. The Labute approximate surface area is 106 Å². The summed E-state index contributed by atoms with van der Waals surface area (Å²) >= 11 is 0. The molecule has 1 aliphatic heterocycles. The van der Waals surface area contributed by atoms with E-state index in [0.717, 1.165) is 25.2 Å². The summed E-state index contributed by atoms with van der Waals surface area (Å²) in [6, 6.07) is 4.96. The quantitative estimate of drug-likeness (QED) is 0.660. The van der Waals surface area contributed by atoms with Gasteiger partial charge in [-0.1, -0.05) is 13.8 Å². The van der Waals surface area contributed by atoms with E-state index in [2.05, 4.69) is 18.7 Å². The molecule has 98 valence electrons. The topological polar surface area (TPSA) is 66.6 Å². The molecule has 1 aromatic carbocycles. The second kappa shape index (κ2) is 4.57. The molecule has 0 atom stereocenters. The van der Waals surface area contributed by atoms with Crippen LogP contribution >= 0.6 is 0 Å². The zero-order valence-corrected chi connectivity index (χ0v) is 10.7. The average Bonchev–Trinajstić information content (AvgIpc) is 2.68. The Morgan fingerprint density at radius 2 is 2.22 bits per heavy atom. The van der Waals surface area contributed by atoms with E-state index in [1.807, 2.05) is 0 Å². The maximum absolute atomic E-state index is 10.8. The molecule has 2 rings (SSSR count). The highest BCUT2D eigenvalue weighted by atomic mass is 16.6. The number of nitrogens with zero attached hydrogens (tertiary/aromatic N) is 2. The number of aliphatic hydroxyl groups is 1. The van der Waals surface area contributed by atoms with E-state index in [-0.39, 0.29) is 17.7 Å². The van der Waals surface area contributed by atoms with E-state index in [4.69, 9.17) is 0 Å². The summed E-state index contributed by atoms with van der Waals surface area (Å²) in [5, 5.41) is 20.0. The highest BCUT2D eigenvalue weighted by Crippen LogP contribution is 2.34. The molecule has 18 heavy (non-hydrogen) atoms. The van der Waals surface area contributed by atoms with Gasteiger partial charge in [0, 0.05) is 24.8 Å². The van der Waals surface area contributed by atoms with Gasteiger partial charge in [-0.15, -0.1) is 0 Å². The van der Waals surface area contributed by atoms with Crippen LogP contribution in [0.3, 0.4) is 0 Å². The Morgan fingerprint density at radius 1 is 1.50 bits per heavy atom. The van der Waals surface area contributed by atoms with Gasteiger partial charge in [0.05, 0.1) is 17.1 Å². The van der Waals surface area contributed by atoms with Crippen molar-refractivity contribution in [2.24, 2.45) is 5.41 Å². The predicted molar refractivity (Wildman–Crippen MR) is 69.6 cm³/mol. The minimum Gasteiger partial charge on any atom is -0.391 e. The van der Waals surface area contributed by atoms with Gasteiger partial charge in [0.1, 0.15) is 0 Å². The molecule has 1 aromatic rings. The first-order valence-corrected chi connectivity index (χ1v) is 6.06. The van der Waals surface area contributed by atoms with Crippen molar-refractivity contribution in [1.29, 1.82) is 0 Å². The van der Waals surface area contributed by atoms with E-state index >= 15 is 0 Å². The largest absolute Gasteiger partial charge is 0.391 e. The number of anilines is 1. The van der Waals surface area contributed by atoms with E-state index in [1.54, 1.807) is 12.1 Å². The lowest BCUT2D eigenvalue weighted by molar-refractivity contribution is -0.385. The van der Waals surface area contributed by atoms with Crippen molar-refractivity contribution >= 4 is 11.4 Å². The first-order valence-electron chi connectivity index (χ1n) is 6.06. The van der Waals surface area contributed by atoms with Crippen molar-refractivity contribution in [3.63, 3.8) is 0 Å². The van der Waals surface area contributed by atoms with Gasteiger partial charge >= 0.3 is 0 Å². The van der Waals surface area contributed by atoms with Gasteiger partial charge < -0.3 is 10.0 Å². The third kappa shape index (κ3) is 2.46. The fraction of sp³-hybridized carbons (Fsp3) is 0.538. The van der Waals surface area contributed by atoms with Crippen LogP contribution in [0.15, 0.2) is 18.2 Å². The maximum Gasteiger partial charge on any atom is 0.275 e. The molecule has 0 saturated carbocycles. The third-order valence-corrected chi connectivity index (χ3v) is 3.47. The summed E-state index contributed by atoms with van der Waals surface area (Å²) in [6.45, 7) is 6.02. The van der Waals surface area contributed by atoms with Gasteiger partial charge in [-0.25, -0.2) is 0 Å². The van der Waals surface area contributed by atoms with Crippen LogP contribution in [-0.2, 0) is 6.61 Å². The Balaban J connectivity index is 2.28. The summed E-state index contributed by atoms with van der Waals surface area (Å²) < 4.78 is 0. The van der Waals surface area contributed by atoms with Crippen molar-refractivity contribution in [1.82, 2.24) is 0 Å². The van der Waals surface area contributed by atoms with Gasteiger partial charge in [0.25, 0.3) is 5.69 Å². The van der Waals surface area contributed by atoms with E-state index in [9.17, 15) is 15.2 Å². The molecular formula is C13H18N2O3. The third-order valence-electron chi connectivity index (χ3n) is 3.47. The molecule has 1 saturated heterocycles. The lowest BCUT2D eigenvalue weighted by Gasteiger charge is -2.22. The average molecular weight is 250 g/mol. The minimum absolute atomic E-state index is 0.0142. The molecule has 5 heteroatoms. The second-order valence-corrected chi connectivity index (χ2v) is 5.56. The molecule has 0 spiro atoms. The van der Waals surface area contributed by atoms with Gasteiger partial charge in [0.15, 0.2) is 0 Å². The molecule has 1 aliphatic rings. The molecule has 1 N–H and O–H groups in total. The summed E-state index contributed by atoms with van der Waals surface area (Å²) in [4.78, 5) is 12.6. The molecule has 0 aliphatic carbocycles. The number of nitro groups is 1. The number of hydrogen-bond donors (Lipinski definition) is 1. The molecule has 0 unspecified atom stereocenters. The zero-order valence-electron chi connectivity index (χ0n) is 10.7. The fourth-order valence-electron chi connectivity index (χ4n) is 2.41. The molecule has 5 nitrogen and oxygen atoms in total. The second-order valence-electron chi connectivity index (χ2n) is 5.56. The van der Waals surface area contributed by atoms with Gasteiger partial charge in [-0.05, 0) is 24.0 Å². The van der Waals surface area contributed by atoms with Gasteiger partial charge in [0.2, 0.25) is 0 Å². The van der Waals surface area contributed by atoms with Gasteiger partial charge in [-0.2, -0.15) is 0 Å². The van der Waals surface area contributed by atoms with Crippen LogP contribution in [0.5, 0.6) is 0 Å². The molecule has 0 radical (unpaired) electrons. The normalized spacial score (nSPS) is 18.1. The zero-order chi connectivity index (χ0) is 13.3. The molecule has 0 bridgehead atoms. The lowest BCUT2D eigenvalue weighted by atomic mass is 9.93. The van der Waals surface area contributed by atoms with Crippen LogP contribution in [0.1, 0.15) is 25.8 Å². The highest BCUT2D eigenvalue weighted by Gasteiger charge is 2.29. The standard InChI is InChI=1S/C13H18N2O3/c1-13(2)5-6-14(9-13)11-3-4-12(15(17)18)10(7-11)8-16/h3-4,7,16H,5-6,8-9H2,1-2H3. The van der Waals surface area contributed by atoms with Crippen molar-refractivity contribution in [3.8, 4) is 0 Å². The Morgan fingerprint density at radius 3 is 2.72 bits per heavy atom. The van der Waals surface area contributed by atoms with Crippen LogP contribution in [-0.4, -0.2) is 23.1 Å². The van der Waals surface area contributed by atoms with E-state index in [1.165, 1.54) is 6.07 Å². The number of aliphatic hydroxyl groups excluding tert-OH is 1. The molecule has 0 amide bonds. The first-order chi connectivity index (χ1) is 8.43. The molecule has 1 fully saturated rings. The van der Waals surface area contributed by atoms with Crippen molar-refractivity contribution < 1.29 is 10.0 Å². The summed E-state index contributed by atoms with van der Waals surface area (Å²) in [5.74, 6) is 0. The smallest absolute Gasteiger partial charge is 0.275 e. The number of nitro benzene ring substituents is 1. The highest BCUT2D eigenvalue weighted by molar-refractivity contribution is 5.56. The summed E-state index contributed by atoms with van der Waals surface area (Å²) in [5.41, 5.74) is 1.60. The SMILES string of the molecule is CC1(C)CCN(c2ccc([N+](=O)[O-])c(CO)c2)C1. The van der Waals surface area contributed by atoms with Crippen molar-refractivity contribution in [2.75, 3.05) is 18.0 Å². The summed E-state index contributed by atoms with van der Waals surface area (Å²) in [6.07, 6.45) is 1.11. The van der Waals surface area contributed by atoms with Crippen LogP contribution in [0.2, 0.25) is 0 Å². The number of rotatable bonds is 3. The molecule has 1 heterocycles. The van der Waals surface area contributed by atoms with Crippen LogP contribution in [0.4, 0.5) is 11.4 Å². The van der Waals surface area contributed by atoms with Gasteiger partial charge in [-0.3, -0.25) is 10.1 Å². The fourth-order valence-corrected chi connectivity index (χ4v) is 2.41. The predicted octanol–water partition coefficient (Wildman–Crippen LogP) is 2.32. The Hall–Kier alpha value is -1.62. The lowest BCUT2D eigenvalue weighted by Crippen LogP contribution is -2.22. The maximum atomic E-state index is 10.8. The van der Waals surface area contributed by atoms with Crippen LogP contribution in [0.25, 0.3) is 0 Å². The number of hydrogen-bond acceptors (Lipinski definition) is 4. The molecule has 0 aromatic heterocycles.